The van der Waals surface area contributed by atoms with E-state index in [2.05, 4.69) is 20.9 Å². The van der Waals surface area contributed by atoms with Crippen LogP contribution >= 0.6 is 15.9 Å². The van der Waals surface area contributed by atoms with Crippen LogP contribution in [-0.2, 0) is 0 Å². The molecule has 1 fully saturated rings. The zero-order chi connectivity index (χ0) is 14.0. The van der Waals surface area contributed by atoms with Gasteiger partial charge in [-0.25, -0.2) is 0 Å². The van der Waals surface area contributed by atoms with Crippen LogP contribution in [0.25, 0.3) is 5.65 Å². The Balaban J connectivity index is 0.000000637. The molecular weight excluding hydrogens is 308 g/mol. The number of hydrogen-bond donors (Lipinski definition) is 0. The van der Waals surface area contributed by atoms with E-state index >= 15 is 0 Å². The molecule has 0 bridgehead atoms. The summed E-state index contributed by atoms with van der Waals surface area (Å²) in [4.78, 5) is 16.2. The van der Waals surface area contributed by atoms with E-state index in [-0.39, 0.29) is 5.56 Å². The van der Waals surface area contributed by atoms with Crippen LogP contribution in [0.2, 0.25) is 0 Å². The van der Waals surface area contributed by atoms with Crippen molar-refractivity contribution < 1.29 is 4.74 Å². The van der Waals surface area contributed by atoms with Gasteiger partial charge in [-0.3, -0.25) is 9.20 Å². The fourth-order valence-electron chi connectivity index (χ4n) is 1.91. The average Bonchev–Trinajstić information content (AvgIpc) is 3.26. The molecule has 3 rings (SSSR count). The second kappa shape index (κ2) is 5.74. The highest BCUT2D eigenvalue weighted by molar-refractivity contribution is 9.10. The molecule has 0 atom stereocenters. The van der Waals surface area contributed by atoms with E-state index < -0.39 is 0 Å². The van der Waals surface area contributed by atoms with Crippen molar-refractivity contribution in [1.82, 2.24) is 9.38 Å². The van der Waals surface area contributed by atoms with Gasteiger partial charge in [0, 0.05) is 6.20 Å². The molecule has 102 valence electrons. The van der Waals surface area contributed by atoms with Crippen LogP contribution in [0.1, 0.15) is 38.2 Å². The molecule has 5 heteroatoms. The van der Waals surface area contributed by atoms with Crippen molar-refractivity contribution in [3.8, 4) is 5.88 Å². The van der Waals surface area contributed by atoms with Crippen molar-refractivity contribution in [2.75, 3.05) is 7.11 Å². The van der Waals surface area contributed by atoms with Crippen molar-refractivity contribution in [3.63, 3.8) is 0 Å². The lowest BCUT2D eigenvalue weighted by Gasteiger charge is -2.07. The lowest BCUT2D eigenvalue weighted by molar-refractivity contribution is 0.397. The summed E-state index contributed by atoms with van der Waals surface area (Å²) in [6.07, 6.45) is 4.29. The highest BCUT2D eigenvalue weighted by Gasteiger charge is 2.24. The van der Waals surface area contributed by atoms with Crippen molar-refractivity contribution >= 4 is 21.6 Å². The Kier molecular flexibility index (Phi) is 4.24. The highest BCUT2D eigenvalue weighted by Crippen LogP contribution is 2.40. The second-order valence-corrected chi connectivity index (χ2v) is 5.08. The molecule has 0 spiro atoms. The van der Waals surface area contributed by atoms with Gasteiger partial charge in [-0.1, -0.05) is 13.8 Å². The predicted molar refractivity (Wildman–Crippen MR) is 79.0 cm³/mol. The number of hydrogen-bond acceptors (Lipinski definition) is 3. The lowest BCUT2D eigenvalue weighted by Crippen LogP contribution is -2.15. The number of pyridine rings is 1. The minimum absolute atomic E-state index is 0.116. The Morgan fingerprint density at radius 2 is 2.05 bits per heavy atom. The van der Waals surface area contributed by atoms with Crippen LogP contribution < -0.4 is 10.3 Å². The van der Waals surface area contributed by atoms with Crippen LogP contribution in [0, 0.1) is 0 Å². The smallest absolute Gasteiger partial charge is 0.261 e. The summed E-state index contributed by atoms with van der Waals surface area (Å²) in [6.45, 7) is 4.00. The first-order chi connectivity index (χ1) is 9.19. The van der Waals surface area contributed by atoms with Gasteiger partial charge in [-0.15, -0.1) is 0 Å². The molecule has 0 saturated heterocycles. The topological polar surface area (TPSA) is 43.6 Å². The molecule has 2 aromatic heterocycles. The zero-order valence-corrected chi connectivity index (χ0v) is 12.9. The van der Waals surface area contributed by atoms with Crippen LogP contribution in [0.4, 0.5) is 0 Å². The molecule has 0 aliphatic heterocycles. The Morgan fingerprint density at radius 1 is 1.37 bits per heavy atom. The van der Waals surface area contributed by atoms with Crippen molar-refractivity contribution in [1.29, 1.82) is 0 Å². The third-order valence-electron chi connectivity index (χ3n) is 2.97. The number of fused-ring (bicyclic) bond motifs is 1. The minimum Gasteiger partial charge on any atom is -0.481 e. The number of nitrogens with zero attached hydrogens (tertiary/aromatic N) is 2. The number of halogens is 1. The van der Waals surface area contributed by atoms with Crippen LogP contribution in [0.5, 0.6) is 5.88 Å². The van der Waals surface area contributed by atoms with Crippen LogP contribution in [-0.4, -0.2) is 16.5 Å². The molecule has 1 aliphatic carbocycles. The maximum atomic E-state index is 11.9. The van der Waals surface area contributed by atoms with Gasteiger partial charge in [0.2, 0.25) is 5.88 Å². The minimum atomic E-state index is -0.116. The molecular formula is C14H17BrN2O2. The van der Waals surface area contributed by atoms with Crippen LogP contribution in [0.15, 0.2) is 27.6 Å². The summed E-state index contributed by atoms with van der Waals surface area (Å²) in [5, 5.41) is 0. The van der Waals surface area contributed by atoms with E-state index in [0.717, 1.165) is 4.47 Å². The lowest BCUT2D eigenvalue weighted by atomic mass is 10.2. The van der Waals surface area contributed by atoms with E-state index in [0.29, 0.717) is 17.4 Å². The van der Waals surface area contributed by atoms with E-state index in [1.807, 2.05) is 26.1 Å². The van der Waals surface area contributed by atoms with Crippen LogP contribution in [0.3, 0.4) is 0 Å². The maximum Gasteiger partial charge on any atom is 0.261 e. The summed E-state index contributed by atoms with van der Waals surface area (Å²) >= 11 is 3.46. The Bertz CT molecular complexity index is 648. The maximum absolute atomic E-state index is 11.9. The quantitative estimate of drug-likeness (QED) is 0.850. The molecule has 0 aromatic carbocycles. The third-order valence-corrected chi connectivity index (χ3v) is 3.56. The van der Waals surface area contributed by atoms with Gasteiger partial charge in [-0.05, 0) is 46.3 Å². The third kappa shape index (κ3) is 2.81. The van der Waals surface area contributed by atoms with Gasteiger partial charge < -0.3 is 4.74 Å². The molecule has 1 saturated carbocycles. The molecule has 19 heavy (non-hydrogen) atoms. The summed E-state index contributed by atoms with van der Waals surface area (Å²) < 4.78 is 7.40. The second-order valence-electron chi connectivity index (χ2n) is 4.23. The Morgan fingerprint density at radius 3 is 2.63 bits per heavy atom. The van der Waals surface area contributed by atoms with E-state index in [9.17, 15) is 4.79 Å². The first-order valence-electron chi connectivity index (χ1n) is 6.46. The number of ether oxygens (including phenoxy) is 1. The summed E-state index contributed by atoms with van der Waals surface area (Å²) in [6, 6.07) is 3.44. The number of rotatable bonds is 2. The fourth-order valence-corrected chi connectivity index (χ4v) is 2.45. The molecule has 0 unspecified atom stereocenters. The van der Waals surface area contributed by atoms with Gasteiger partial charge in [-0.2, -0.15) is 4.98 Å². The zero-order valence-electron chi connectivity index (χ0n) is 11.3. The molecule has 2 heterocycles. The standard InChI is InChI=1S/C12H11BrN2O2.C2H6/c1-17-10-5-11(16)15-6-8(7-2-3-7)4-9(13)12(15)14-10;1-2/h4-7H,2-3H2,1H3;1-2H3. The van der Waals surface area contributed by atoms with Crippen molar-refractivity contribution in [2.45, 2.75) is 32.6 Å². The fraction of sp³-hybridized carbons (Fsp3) is 0.429. The molecule has 0 radical (unpaired) electrons. The molecule has 0 N–H and O–H groups in total. The van der Waals surface area contributed by atoms with Gasteiger partial charge in [0.1, 0.15) is 0 Å². The Labute approximate surface area is 120 Å². The SMILES string of the molecule is CC.COc1cc(=O)n2cc(C3CC3)cc(Br)c2n1. The van der Waals surface area contributed by atoms with Gasteiger partial charge in [0.15, 0.2) is 5.65 Å². The predicted octanol–water partition coefficient (Wildman–Crippen LogP) is 3.37. The number of aromatic nitrogens is 2. The van der Waals surface area contributed by atoms with Gasteiger partial charge >= 0.3 is 0 Å². The highest BCUT2D eigenvalue weighted by atomic mass is 79.9. The monoisotopic (exact) mass is 324 g/mol. The first-order valence-corrected chi connectivity index (χ1v) is 7.25. The summed E-state index contributed by atoms with van der Waals surface area (Å²) in [7, 11) is 1.50. The Hall–Kier alpha value is -1.36. The van der Waals surface area contributed by atoms with E-state index in [4.69, 9.17) is 4.74 Å². The largest absolute Gasteiger partial charge is 0.481 e. The van der Waals surface area contributed by atoms with Gasteiger partial charge in [0.25, 0.3) is 5.56 Å². The normalized spacial score (nSPS) is 13.9. The molecule has 1 aliphatic rings. The summed E-state index contributed by atoms with van der Waals surface area (Å²) in [5.74, 6) is 0.944. The average molecular weight is 325 g/mol. The molecule has 4 nitrogen and oxygen atoms in total. The van der Waals surface area contributed by atoms with E-state index in [1.165, 1.54) is 31.6 Å². The van der Waals surface area contributed by atoms with Crippen molar-refractivity contribution in [2.24, 2.45) is 0 Å². The number of methoxy groups -OCH3 is 1. The van der Waals surface area contributed by atoms with Crippen molar-refractivity contribution in [3.05, 3.63) is 38.7 Å². The van der Waals surface area contributed by atoms with Gasteiger partial charge in [0.05, 0.1) is 17.6 Å². The molecule has 2 aromatic rings. The van der Waals surface area contributed by atoms with E-state index in [1.54, 1.807) is 4.40 Å². The molecule has 0 amide bonds. The first kappa shape index (κ1) is 14.1. The summed E-state index contributed by atoms with van der Waals surface area (Å²) in [5.41, 5.74) is 1.67.